The molecule has 26 heavy (non-hydrogen) atoms. The van der Waals surface area contributed by atoms with Crippen molar-refractivity contribution in [2.45, 2.75) is 19.1 Å². The molecule has 1 atom stereocenters. The monoisotopic (exact) mass is 406 g/mol. The van der Waals surface area contributed by atoms with Gasteiger partial charge in [0.05, 0.1) is 10.6 Å². The van der Waals surface area contributed by atoms with Crippen LogP contribution in [-0.4, -0.2) is 23.0 Å². The maximum absolute atomic E-state index is 13.4. The highest BCUT2D eigenvalue weighted by Gasteiger charge is 2.35. The van der Waals surface area contributed by atoms with Crippen LogP contribution in [0, 0.1) is 0 Å². The molecule has 8 heteroatoms. The summed E-state index contributed by atoms with van der Waals surface area (Å²) in [6.45, 7) is 1.84. The highest BCUT2D eigenvalue weighted by Crippen LogP contribution is 2.42. The quantitative estimate of drug-likeness (QED) is 0.711. The Hall–Kier alpha value is -1.57. The van der Waals surface area contributed by atoms with E-state index in [1.807, 2.05) is 6.92 Å². The zero-order valence-corrected chi connectivity index (χ0v) is 16.5. The zero-order valence-electron chi connectivity index (χ0n) is 14.9. The van der Waals surface area contributed by atoms with Gasteiger partial charge >= 0.3 is 6.18 Å². The van der Waals surface area contributed by atoms with Gasteiger partial charge in [-0.2, -0.15) is 13.2 Å². The van der Waals surface area contributed by atoms with Crippen LogP contribution in [0.2, 0.25) is 5.02 Å². The number of nitrogens with one attached hydrogen (secondary N) is 1. The van der Waals surface area contributed by atoms with Gasteiger partial charge in [-0.1, -0.05) is 45.1 Å². The molecule has 2 rings (SSSR count). The van der Waals surface area contributed by atoms with Crippen molar-refractivity contribution in [1.29, 1.82) is 0 Å². The van der Waals surface area contributed by atoms with Crippen molar-refractivity contribution in [3.63, 3.8) is 0 Å². The van der Waals surface area contributed by atoms with Crippen LogP contribution in [-0.2, 0) is 15.4 Å². The number of nitrogens with two attached hydrogens (primary N) is 1. The van der Waals surface area contributed by atoms with Gasteiger partial charge in [0, 0.05) is 36.1 Å². The molecule has 2 aromatic carbocycles. The zero-order chi connectivity index (χ0) is 19.9. The first kappa shape index (κ1) is 20.7. The first-order valence-electron chi connectivity index (χ1n) is 7.77. The molecular formula is C18H22ClF3N2OS. The van der Waals surface area contributed by atoms with E-state index < -0.39 is 21.0 Å². The van der Waals surface area contributed by atoms with E-state index >= 15 is 0 Å². The van der Waals surface area contributed by atoms with Gasteiger partial charge in [0.25, 0.3) is 0 Å². The number of anilines is 1. The minimum absolute atomic E-state index is 0.0460. The van der Waals surface area contributed by atoms with Gasteiger partial charge in [0.2, 0.25) is 0 Å². The molecule has 0 aromatic heterocycles. The third-order valence-corrected chi connectivity index (χ3v) is 5.15. The maximum Gasteiger partial charge on any atom is 0.417 e. The molecule has 144 valence electrons. The van der Waals surface area contributed by atoms with Gasteiger partial charge in [-0.05, 0) is 30.2 Å². The number of alkyl halides is 3. The minimum atomic E-state index is -4.58. The van der Waals surface area contributed by atoms with Crippen molar-refractivity contribution in [3.05, 3.63) is 52.5 Å². The molecule has 0 bridgehead atoms. The Labute approximate surface area is 156 Å². The fourth-order valence-corrected chi connectivity index (χ4v) is 4.43. The predicted molar refractivity (Wildman–Crippen MR) is 104 cm³/mol. The summed E-state index contributed by atoms with van der Waals surface area (Å²) in [4.78, 5) is 0. The van der Waals surface area contributed by atoms with Gasteiger partial charge in [0.1, 0.15) is 0 Å². The summed E-state index contributed by atoms with van der Waals surface area (Å²) in [6, 6.07) is 8.47. The number of hydrogen-bond acceptors (Lipinski definition) is 2. The van der Waals surface area contributed by atoms with Crippen LogP contribution in [0.1, 0.15) is 24.1 Å². The predicted octanol–water partition coefficient (Wildman–Crippen LogP) is 4.88. The second-order valence-corrected chi connectivity index (χ2v) is 12.8. The van der Waals surface area contributed by atoms with Gasteiger partial charge in [0.15, 0.2) is 0 Å². The number of rotatable bonds is 4. The fourth-order valence-electron chi connectivity index (χ4n) is 2.75. The maximum atomic E-state index is 13.4. The Morgan fingerprint density at radius 2 is 1.65 bits per heavy atom. The lowest BCUT2D eigenvalue weighted by Gasteiger charge is -2.34. The highest BCUT2D eigenvalue weighted by atomic mass is 35.5. The van der Waals surface area contributed by atoms with E-state index in [4.69, 9.17) is 17.3 Å². The fraction of sp³-hybridized carbons (Fsp3) is 0.333. The van der Waals surface area contributed by atoms with Crippen molar-refractivity contribution in [2.24, 2.45) is 0 Å². The standard InChI is InChI=1S/C18H22ClF3N2OS/c1-11(24-26(2,3,4)25)12-5-7-13(8-6-12)17-15(18(20,21)22)9-14(23)10-16(17)19/h5-11H,23H2,1-4H3,(H,24,25)/t11-/m1/s1. The molecular weight excluding hydrogens is 385 g/mol. The Kier molecular flexibility index (Phi) is 5.22. The van der Waals surface area contributed by atoms with E-state index in [0.717, 1.165) is 11.6 Å². The lowest BCUT2D eigenvalue weighted by Crippen LogP contribution is -2.45. The molecule has 0 unspecified atom stereocenters. The molecule has 0 fully saturated rings. The molecule has 0 radical (unpaired) electrons. The van der Waals surface area contributed by atoms with E-state index in [1.54, 1.807) is 43.0 Å². The normalized spacial score (nSPS) is 15.3. The van der Waals surface area contributed by atoms with Crippen LogP contribution in [0.25, 0.3) is 11.1 Å². The Morgan fingerprint density at radius 1 is 1.12 bits per heavy atom. The van der Waals surface area contributed by atoms with Crippen molar-refractivity contribution in [1.82, 2.24) is 4.72 Å². The Bertz CT molecular complexity index is 878. The van der Waals surface area contributed by atoms with Crippen molar-refractivity contribution in [2.75, 3.05) is 24.5 Å². The Balaban J connectivity index is 2.45. The van der Waals surface area contributed by atoms with Crippen LogP contribution in [0.5, 0.6) is 0 Å². The molecule has 0 heterocycles. The molecule has 0 amide bonds. The average Bonchev–Trinajstić information content (AvgIpc) is 2.43. The summed E-state index contributed by atoms with van der Waals surface area (Å²) < 4.78 is 55.6. The van der Waals surface area contributed by atoms with Crippen molar-refractivity contribution in [3.8, 4) is 11.1 Å². The molecule has 3 nitrogen and oxygen atoms in total. The van der Waals surface area contributed by atoms with Gasteiger partial charge in [-0.3, -0.25) is 8.93 Å². The Morgan fingerprint density at radius 3 is 2.12 bits per heavy atom. The molecule has 0 saturated carbocycles. The lowest BCUT2D eigenvalue weighted by molar-refractivity contribution is -0.137. The third kappa shape index (κ3) is 5.22. The number of nitrogen functional groups attached to an aromatic ring is 1. The van der Waals surface area contributed by atoms with E-state index in [9.17, 15) is 17.4 Å². The topological polar surface area (TPSA) is 55.1 Å². The van der Waals surface area contributed by atoms with Crippen LogP contribution in [0.4, 0.5) is 18.9 Å². The van der Waals surface area contributed by atoms with Crippen LogP contribution < -0.4 is 10.5 Å². The minimum Gasteiger partial charge on any atom is -0.399 e. The molecule has 2 aromatic rings. The van der Waals surface area contributed by atoms with E-state index in [2.05, 4.69) is 4.72 Å². The smallest absolute Gasteiger partial charge is 0.399 e. The second-order valence-electron chi connectivity index (χ2n) is 7.31. The first-order valence-corrected chi connectivity index (χ1v) is 11.3. The average molecular weight is 407 g/mol. The van der Waals surface area contributed by atoms with E-state index in [-0.39, 0.29) is 22.3 Å². The summed E-state index contributed by atoms with van der Waals surface area (Å²) in [6.07, 6.45) is 0.316. The van der Waals surface area contributed by atoms with Crippen molar-refractivity contribution < 1.29 is 17.4 Å². The van der Waals surface area contributed by atoms with Gasteiger partial charge in [-0.25, -0.2) is 0 Å². The summed E-state index contributed by atoms with van der Waals surface area (Å²) in [7, 11) is -2.93. The molecule has 0 aliphatic heterocycles. The summed E-state index contributed by atoms with van der Waals surface area (Å²) in [5.41, 5.74) is 5.63. The molecule has 0 spiro atoms. The van der Waals surface area contributed by atoms with Gasteiger partial charge < -0.3 is 5.73 Å². The molecule has 0 aliphatic rings. The summed E-state index contributed by atoms with van der Waals surface area (Å²) >= 11 is 6.05. The van der Waals surface area contributed by atoms with Crippen molar-refractivity contribution >= 4 is 26.5 Å². The summed E-state index contributed by atoms with van der Waals surface area (Å²) in [5.74, 6) is 0. The number of benzene rings is 2. The summed E-state index contributed by atoms with van der Waals surface area (Å²) in [5, 5.41) is -0.0600. The van der Waals surface area contributed by atoms with E-state index in [1.165, 1.54) is 6.07 Å². The number of halogens is 4. The largest absolute Gasteiger partial charge is 0.417 e. The van der Waals surface area contributed by atoms with Crippen LogP contribution in [0.15, 0.2) is 36.4 Å². The lowest BCUT2D eigenvalue weighted by atomic mass is 9.96. The van der Waals surface area contributed by atoms with Gasteiger partial charge in [-0.15, -0.1) is 0 Å². The van der Waals surface area contributed by atoms with E-state index in [0.29, 0.717) is 5.56 Å². The molecule has 3 N–H and O–H groups in total. The molecule has 0 aliphatic carbocycles. The first-order chi connectivity index (χ1) is 11.6. The SMILES string of the molecule is C[C@@H](NS(C)(C)(C)=O)c1ccc(-c2c(Cl)cc(N)cc2C(F)(F)F)cc1. The molecule has 0 saturated heterocycles. The van der Waals surface area contributed by atoms with Crippen LogP contribution >= 0.6 is 11.6 Å². The highest BCUT2D eigenvalue weighted by molar-refractivity contribution is 8.16. The van der Waals surface area contributed by atoms with Crippen LogP contribution in [0.3, 0.4) is 0 Å². The third-order valence-electron chi connectivity index (χ3n) is 3.70. The second kappa shape index (κ2) is 6.55. The number of hydrogen-bond donors (Lipinski definition) is 2.